The summed E-state index contributed by atoms with van der Waals surface area (Å²) in [4.78, 5) is 11.9. The predicted octanol–water partition coefficient (Wildman–Crippen LogP) is 4.39. The van der Waals surface area contributed by atoms with Gasteiger partial charge in [-0.05, 0) is 41.5 Å². The Bertz CT molecular complexity index is 961. The summed E-state index contributed by atoms with van der Waals surface area (Å²) in [6, 6.07) is 17.1. The lowest BCUT2D eigenvalue weighted by Gasteiger charge is -2.20. The monoisotopic (exact) mass is 334 g/mol. The number of hydrogen-bond acceptors (Lipinski definition) is 4. The summed E-state index contributed by atoms with van der Waals surface area (Å²) in [5.74, 6) is 1.38. The molecule has 4 rings (SSSR count). The highest BCUT2D eigenvalue weighted by Crippen LogP contribution is 2.42. The van der Waals surface area contributed by atoms with Crippen LogP contribution in [0.1, 0.15) is 30.4 Å². The number of carbonyl (C=O) groups excluding carboxylic acids is 1. The molecule has 126 valence electrons. The molecule has 3 aromatic rings. The van der Waals surface area contributed by atoms with Gasteiger partial charge in [0.15, 0.2) is 11.5 Å². The highest BCUT2D eigenvalue weighted by atomic mass is 16.7. The summed E-state index contributed by atoms with van der Waals surface area (Å²) >= 11 is 0. The van der Waals surface area contributed by atoms with Crippen LogP contribution in [0.5, 0.6) is 17.2 Å². The quantitative estimate of drug-likeness (QED) is 0.769. The molecule has 25 heavy (non-hydrogen) atoms. The van der Waals surface area contributed by atoms with Crippen molar-refractivity contribution in [3.05, 3.63) is 65.7 Å². The predicted molar refractivity (Wildman–Crippen MR) is 95.3 cm³/mol. The Hall–Kier alpha value is -3.01. The third-order valence-electron chi connectivity index (χ3n) is 4.59. The maximum absolute atomic E-state index is 11.9. The van der Waals surface area contributed by atoms with Crippen LogP contribution in [0, 0.1) is 0 Å². The molecule has 0 spiro atoms. The van der Waals surface area contributed by atoms with Gasteiger partial charge in [-0.3, -0.25) is 4.79 Å². The van der Waals surface area contributed by atoms with E-state index in [1.54, 1.807) is 13.0 Å². The van der Waals surface area contributed by atoms with Crippen LogP contribution in [-0.2, 0) is 4.79 Å². The van der Waals surface area contributed by atoms with E-state index in [0.717, 1.165) is 21.9 Å². The second-order valence-electron chi connectivity index (χ2n) is 6.29. The molecule has 3 aromatic carbocycles. The number of Topliss-reactive ketones (excluding diaryl/α,β-unsaturated/α-hetero) is 1. The highest BCUT2D eigenvalue weighted by Gasteiger charge is 2.24. The summed E-state index contributed by atoms with van der Waals surface area (Å²) in [6.07, 6.45) is 0.307. The summed E-state index contributed by atoms with van der Waals surface area (Å²) in [5.41, 5.74) is 1.69. The SMILES string of the molecule is CC(=O)CC(c1ccc2c(c1)OCO2)c1c(O)ccc2ccccc12. The average Bonchev–Trinajstić information content (AvgIpc) is 3.07. The zero-order chi connectivity index (χ0) is 17.4. The van der Waals surface area contributed by atoms with Gasteiger partial charge in [-0.2, -0.15) is 0 Å². The molecule has 0 bridgehead atoms. The minimum absolute atomic E-state index is 0.0648. The molecule has 0 radical (unpaired) electrons. The van der Waals surface area contributed by atoms with Crippen molar-refractivity contribution in [2.24, 2.45) is 0 Å². The molecule has 1 aliphatic rings. The molecule has 1 unspecified atom stereocenters. The van der Waals surface area contributed by atoms with Gasteiger partial charge in [-0.1, -0.05) is 36.4 Å². The molecule has 4 nitrogen and oxygen atoms in total. The van der Waals surface area contributed by atoms with Crippen molar-refractivity contribution in [3.8, 4) is 17.2 Å². The van der Waals surface area contributed by atoms with Gasteiger partial charge < -0.3 is 14.6 Å². The lowest BCUT2D eigenvalue weighted by Crippen LogP contribution is -2.07. The Morgan fingerprint density at radius 3 is 2.72 bits per heavy atom. The first-order valence-corrected chi connectivity index (χ1v) is 8.23. The first-order chi connectivity index (χ1) is 12.1. The zero-order valence-electron chi connectivity index (χ0n) is 13.9. The van der Waals surface area contributed by atoms with Crippen molar-refractivity contribution < 1.29 is 19.4 Å². The molecule has 1 atom stereocenters. The van der Waals surface area contributed by atoms with Crippen LogP contribution in [0.15, 0.2) is 54.6 Å². The number of carbonyl (C=O) groups is 1. The average molecular weight is 334 g/mol. The fourth-order valence-corrected chi connectivity index (χ4v) is 3.45. The standard InChI is InChI=1S/C21H18O4/c1-13(22)10-17(15-7-9-19-20(11-15)25-12-24-19)21-16-5-3-2-4-14(16)6-8-18(21)23/h2-9,11,17,23H,10,12H2,1H3. The first-order valence-electron chi connectivity index (χ1n) is 8.23. The summed E-state index contributed by atoms with van der Waals surface area (Å²) in [6.45, 7) is 1.78. The van der Waals surface area contributed by atoms with E-state index >= 15 is 0 Å². The fraction of sp³-hybridized carbons (Fsp3) is 0.190. The molecule has 1 N–H and O–H groups in total. The zero-order valence-corrected chi connectivity index (χ0v) is 13.9. The van der Waals surface area contributed by atoms with Crippen molar-refractivity contribution in [2.45, 2.75) is 19.3 Å². The second-order valence-corrected chi connectivity index (χ2v) is 6.29. The number of rotatable bonds is 4. The maximum Gasteiger partial charge on any atom is 0.231 e. The lowest BCUT2D eigenvalue weighted by atomic mass is 9.84. The third kappa shape index (κ3) is 2.80. The minimum Gasteiger partial charge on any atom is -0.508 e. The molecule has 0 fully saturated rings. The number of phenols is 1. The van der Waals surface area contributed by atoms with E-state index in [4.69, 9.17) is 9.47 Å². The Morgan fingerprint density at radius 1 is 1.08 bits per heavy atom. The molecule has 0 aliphatic carbocycles. The van der Waals surface area contributed by atoms with Gasteiger partial charge in [-0.15, -0.1) is 0 Å². The van der Waals surface area contributed by atoms with Gasteiger partial charge in [0.05, 0.1) is 0 Å². The van der Waals surface area contributed by atoms with Gasteiger partial charge in [0.1, 0.15) is 11.5 Å². The van der Waals surface area contributed by atoms with Gasteiger partial charge in [0.2, 0.25) is 6.79 Å². The molecule has 0 aromatic heterocycles. The first kappa shape index (κ1) is 15.5. The van der Waals surface area contributed by atoms with E-state index in [2.05, 4.69) is 0 Å². The number of ether oxygens (including phenoxy) is 2. The van der Waals surface area contributed by atoms with Gasteiger partial charge >= 0.3 is 0 Å². The summed E-state index contributed by atoms with van der Waals surface area (Å²) in [5, 5.41) is 12.6. The maximum atomic E-state index is 11.9. The van der Waals surface area contributed by atoms with Crippen LogP contribution >= 0.6 is 0 Å². The van der Waals surface area contributed by atoms with Crippen LogP contribution in [0.4, 0.5) is 0 Å². The second kappa shape index (κ2) is 6.13. The van der Waals surface area contributed by atoms with Crippen molar-refractivity contribution in [1.82, 2.24) is 0 Å². The van der Waals surface area contributed by atoms with Gasteiger partial charge in [-0.25, -0.2) is 0 Å². The molecule has 0 saturated carbocycles. The number of ketones is 1. The topological polar surface area (TPSA) is 55.8 Å². The number of aromatic hydroxyl groups is 1. The van der Waals surface area contributed by atoms with Crippen LogP contribution in [-0.4, -0.2) is 17.7 Å². The van der Waals surface area contributed by atoms with E-state index < -0.39 is 0 Å². The van der Waals surface area contributed by atoms with Crippen molar-refractivity contribution in [1.29, 1.82) is 0 Å². The van der Waals surface area contributed by atoms with E-state index in [9.17, 15) is 9.90 Å². The van der Waals surface area contributed by atoms with Crippen LogP contribution in [0.25, 0.3) is 10.8 Å². The van der Waals surface area contributed by atoms with Gasteiger partial charge in [0, 0.05) is 17.9 Å². The molecular weight excluding hydrogens is 316 g/mol. The number of benzene rings is 3. The molecule has 1 heterocycles. The number of hydrogen-bond donors (Lipinski definition) is 1. The molecule has 0 saturated heterocycles. The number of phenolic OH excluding ortho intramolecular Hbond substituents is 1. The summed E-state index contributed by atoms with van der Waals surface area (Å²) < 4.78 is 10.9. The molecule has 4 heteroatoms. The largest absolute Gasteiger partial charge is 0.508 e. The van der Waals surface area contributed by atoms with E-state index in [1.165, 1.54) is 0 Å². The normalized spacial score (nSPS) is 13.8. The molecular formula is C21H18O4. The highest BCUT2D eigenvalue weighted by molar-refractivity contribution is 5.90. The fourth-order valence-electron chi connectivity index (χ4n) is 3.45. The lowest BCUT2D eigenvalue weighted by molar-refractivity contribution is -0.117. The van der Waals surface area contributed by atoms with Crippen LogP contribution in [0.3, 0.4) is 0 Å². The van der Waals surface area contributed by atoms with Gasteiger partial charge in [0.25, 0.3) is 0 Å². The number of fused-ring (bicyclic) bond motifs is 2. The molecule has 1 aliphatic heterocycles. The van der Waals surface area contributed by atoms with E-state index in [0.29, 0.717) is 17.9 Å². The Kier molecular flexibility index (Phi) is 3.80. The van der Waals surface area contributed by atoms with Crippen molar-refractivity contribution >= 4 is 16.6 Å². The third-order valence-corrected chi connectivity index (χ3v) is 4.59. The van der Waals surface area contributed by atoms with Crippen molar-refractivity contribution in [2.75, 3.05) is 6.79 Å². The minimum atomic E-state index is -0.252. The van der Waals surface area contributed by atoms with E-state index in [1.807, 2.05) is 48.5 Å². The van der Waals surface area contributed by atoms with Crippen LogP contribution < -0.4 is 9.47 Å². The smallest absolute Gasteiger partial charge is 0.231 e. The van der Waals surface area contributed by atoms with E-state index in [-0.39, 0.29) is 24.2 Å². The summed E-state index contributed by atoms with van der Waals surface area (Å²) in [7, 11) is 0. The Labute approximate surface area is 145 Å². The Morgan fingerprint density at radius 2 is 1.88 bits per heavy atom. The van der Waals surface area contributed by atoms with Crippen molar-refractivity contribution in [3.63, 3.8) is 0 Å². The Balaban J connectivity index is 1.91. The molecule has 0 amide bonds. The van der Waals surface area contributed by atoms with Crippen LogP contribution in [0.2, 0.25) is 0 Å².